The van der Waals surface area contributed by atoms with E-state index in [9.17, 15) is 9.18 Å². The molecule has 0 bridgehead atoms. The third-order valence-corrected chi connectivity index (χ3v) is 5.11. The third-order valence-electron chi connectivity index (χ3n) is 5.11. The van der Waals surface area contributed by atoms with Gasteiger partial charge in [-0.3, -0.25) is 9.48 Å². The molecule has 2 aromatic heterocycles. The number of hydrogen-bond acceptors (Lipinski definition) is 5. The van der Waals surface area contributed by atoms with Gasteiger partial charge in [-0.1, -0.05) is 18.2 Å². The molecule has 0 saturated carbocycles. The fourth-order valence-electron chi connectivity index (χ4n) is 3.84. The Bertz CT molecular complexity index is 1030. The zero-order valence-electron chi connectivity index (χ0n) is 16.7. The first-order valence-electron chi connectivity index (χ1n) is 9.55. The number of ether oxygens (including phenoxy) is 1. The molecule has 0 radical (unpaired) electrons. The van der Waals surface area contributed by atoms with E-state index in [0.29, 0.717) is 25.1 Å². The molecule has 4 rings (SSSR count). The van der Waals surface area contributed by atoms with E-state index in [-0.39, 0.29) is 29.3 Å². The Morgan fingerprint density at radius 1 is 1.31 bits per heavy atom. The highest BCUT2D eigenvalue weighted by Gasteiger charge is 2.38. The SMILES string of the molecule is CN(C)C[C@@H]1OCCN(C(=O)c2ccc3cccc(F)c3n2)[C@H]1c1cnn(C)c1. The van der Waals surface area contributed by atoms with Crippen molar-refractivity contribution in [2.24, 2.45) is 7.05 Å². The van der Waals surface area contributed by atoms with Crippen LogP contribution in [0.5, 0.6) is 0 Å². The van der Waals surface area contributed by atoms with E-state index in [1.54, 1.807) is 40.0 Å². The number of benzene rings is 1. The maximum atomic E-state index is 14.2. The number of aromatic nitrogens is 3. The van der Waals surface area contributed by atoms with Crippen molar-refractivity contribution in [1.29, 1.82) is 0 Å². The predicted octanol–water partition coefficient (Wildman–Crippen LogP) is 2.25. The first-order chi connectivity index (χ1) is 13.9. The Hall–Kier alpha value is -2.84. The van der Waals surface area contributed by atoms with Crippen molar-refractivity contribution in [3.05, 3.63) is 59.8 Å². The number of pyridine rings is 1. The Kier molecular flexibility index (Phi) is 5.29. The average molecular weight is 397 g/mol. The van der Waals surface area contributed by atoms with E-state index >= 15 is 0 Å². The van der Waals surface area contributed by atoms with Gasteiger partial charge in [0, 0.05) is 37.3 Å². The summed E-state index contributed by atoms with van der Waals surface area (Å²) in [5, 5.41) is 4.93. The zero-order valence-corrected chi connectivity index (χ0v) is 16.7. The standard InChI is InChI=1S/C21H24FN5O2/c1-25(2)13-18-20(15-11-23-26(3)12-15)27(9-10-29-18)21(28)17-8-7-14-5-4-6-16(22)19(14)24-17/h4-8,11-12,18,20H,9-10,13H2,1-3H3/t18-,20-/m0/s1. The van der Waals surface area contributed by atoms with Gasteiger partial charge in [0.1, 0.15) is 17.0 Å². The Morgan fingerprint density at radius 3 is 2.86 bits per heavy atom. The maximum absolute atomic E-state index is 14.2. The molecule has 1 aliphatic rings. The van der Waals surface area contributed by atoms with Crippen LogP contribution in [0.1, 0.15) is 22.1 Å². The number of carbonyl (C=O) groups is 1. The minimum Gasteiger partial charge on any atom is -0.373 e. The van der Waals surface area contributed by atoms with Gasteiger partial charge in [0.05, 0.1) is 24.9 Å². The summed E-state index contributed by atoms with van der Waals surface area (Å²) in [7, 11) is 5.78. The second kappa shape index (κ2) is 7.88. The molecular formula is C21H24FN5O2. The maximum Gasteiger partial charge on any atom is 0.273 e. The average Bonchev–Trinajstić information content (AvgIpc) is 3.13. The van der Waals surface area contributed by atoms with E-state index in [1.807, 2.05) is 32.2 Å². The van der Waals surface area contributed by atoms with Crippen LogP contribution in [-0.4, -0.2) is 70.4 Å². The summed E-state index contributed by atoms with van der Waals surface area (Å²) in [5.74, 6) is -0.676. The van der Waals surface area contributed by atoms with E-state index in [2.05, 4.69) is 10.1 Å². The molecule has 1 fully saturated rings. The van der Waals surface area contributed by atoms with Crippen LogP contribution in [0.15, 0.2) is 42.7 Å². The van der Waals surface area contributed by atoms with E-state index in [4.69, 9.17) is 4.74 Å². The smallest absolute Gasteiger partial charge is 0.273 e. The van der Waals surface area contributed by atoms with Crippen LogP contribution < -0.4 is 0 Å². The molecule has 1 amide bonds. The van der Waals surface area contributed by atoms with Gasteiger partial charge in [-0.15, -0.1) is 0 Å². The first kappa shape index (κ1) is 19.5. The van der Waals surface area contributed by atoms with Crippen LogP contribution in [-0.2, 0) is 11.8 Å². The van der Waals surface area contributed by atoms with Crippen molar-refractivity contribution in [2.45, 2.75) is 12.1 Å². The number of likely N-dealkylation sites (N-methyl/N-ethyl adjacent to an activating group) is 1. The van der Waals surface area contributed by atoms with Crippen molar-refractivity contribution in [2.75, 3.05) is 33.8 Å². The molecule has 7 nitrogen and oxygen atoms in total. The summed E-state index contributed by atoms with van der Waals surface area (Å²) in [4.78, 5) is 21.6. The van der Waals surface area contributed by atoms with Crippen molar-refractivity contribution >= 4 is 16.8 Å². The number of aryl methyl sites for hydroxylation is 1. The lowest BCUT2D eigenvalue weighted by atomic mass is 10.00. The number of para-hydroxylation sites is 1. The van der Waals surface area contributed by atoms with Crippen molar-refractivity contribution in [3.8, 4) is 0 Å². The van der Waals surface area contributed by atoms with Crippen LogP contribution in [0.3, 0.4) is 0 Å². The second-order valence-electron chi connectivity index (χ2n) is 7.57. The van der Waals surface area contributed by atoms with Crippen molar-refractivity contribution < 1.29 is 13.9 Å². The normalized spacial score (nSPS) is 19.8. The highest BCUT2D eigenvalue weighted by atomic mass is 19.1. The lowest BCUT2D eigenvalue weighted by molar-refractivity contribution is -0.0686. The van der Waals surface area contributed by atoms with Gasteiger partial charge in [-0.2, -0.15) is 5.10 Å². The summed E-state index contributed by atoms with van der Waals surface area (Å²) in [6.45, 7) is 1.52. The van der Waals surface area contributed by atoms with Gasteiger partial charge >= 0.3 is 0 Å². The number of carbonyl (C=O) groups excluding carboxylic acids is 1. The third kappa shape index (κ3) is 3.86. The molecule has 152 valence electrons. The van der Waals surface area contributed by atoms with E-state index in [1.165, 1.54) is 6.07 Å². The second-order valence-corrected chi connectivity index (χ2v) is 7.57. The molecule has 29 heavy (non-hydrogen) atoms. The number of nitrogens with zero attached hydrogens (tertiary/aromatic N) is 5. The summed E-state index contributed by atoms with van der Waals surface area (Å²) < 4.78 is 21.9. The molecule has 3 aromatic rings. The van der Waals surface area contributed by atoms with Gasteiger partial charge in [-0.25, -0.2) is 9.37 Å². The zero-order chi connectivity index (χ0) is 20.5. The van der Waals surface area contributed by atoms with Crippen molar-refractivity contribution in [1.82, 2.24) is 24.6 Å². The van der Waals surface area contributed by atoms with E-state index in [0.717, 1.165) is 5.56 Å². The number of fused-ring (bicyclic) bond motifs is 1. The molecular weight excluding hydrogens is 373 g/mol. The fraction of sp³-hybridized carbons (Fsp3) is 0.381. The molecule has 8 heteroatoms. The van der Waals surface area contributed by atoms with Crippen LogP contribution in [0.25, 0.3) is 10.9 Å². The molecule has 1 aliphatic heterocycles. The lowest BCUT2D eigenvalue weighted by Crippen LogP contribution is -2.51. The highest BCUT2D eigenvalue weighted by molar-refractivity contribution is 5.95. The minimum atomic E-state index is -0.437. The number of hydrogen-bond donors (Lipinski definition) is 0. The van der Waals surface area contributed by atoms with Crippen LogP contribution in [0, 0.1) is 5.82 Å². The fourth-order valence-corrected chi connectivity index (χ4v) is 3.84. The summed E-state index contributed by atoms with van der Waals surface area (Å²) in [5.41, 5.74) is 1.33. The number of halogens is 1. The summed E-state index contributed by atoms with van der Waals surface area (Å²) >= 11 is 0. The molecule has 0 unspecified atom stereocenters. The predicted molar refractivity (Wildman–Crippen MR) is 107 cm³/mol. The molecule has 0 N–H and O–H groups in total. The van der Waals surface area contributed by atoms with Gasteiger partial charge < -0.3 is 14.5 Å². The molecule has 1 saturated heterocycles. The number of morpholine rings is 1. The van der Waals surface area contributed by atoms with Crippen molar-refractivity contribution in [3.63, 3.8) is 0 Å². The van der Waals surface area contributed by atoms with E-state index < -0.39 is 5.82 Å². The molecule has 0 spiro atoms. The van der Waals surface area contributed by atoms with Gasteiger partial charge in [-0.05, 0) is 26.2 Å². The number of amides is 1. The first-order valence-corrected chi connectivity index (χ1v) is 9.55. The highest BCUT2D eigenvalue weighted by Crippen LogP contribution is 2.31. The monoisotopic (exact) mass is 397 g/mol. The van der Waals surface area contributed by atoms with Gasteiger partial charge in [0.2, 0.25) is 0 Å². The van der Waals surface area contributed by atoms with Gasteiger partial charge in [0.15, 0.2) is 0 Å². The number of rotatable bonds is 4. The van der Waals surface area contributed by atoms with Crippen LogP contribution in [0.2, 0.25) is 0 Å². The Balaban J connectivity index is 1.72. The molecule has 3 heterocycles. The summed E-state index contributed by atoms with van der Waals surface area (Å²) in [6.07, 6.45) is 3.45. The lowest BCUT2D eigenvalue weighted by Gasteiger charge is -2.41. The molecule has 1 aromatic carbocycles. The minimum absolute atomic E-state index is 0.203. The Labute approximate surface area is 168 Å². The molecule has 0 aliphatic carbocycles. The quantitative estimate of drug-likeness (QED) is 0.676. The Morgan fingerprint density at radius 2 is 2.14 bits per heavy atom. The topological polar surface area (TPSA) is 63.5 Å². The molecule has 2 atom stereocenters. The van der Waals surface area contributed by atoms with Gasteiger partial charge in [0.25, 0.3) is 5.91 Å². The largest absolute Gasteiger partial charge is 0.373 e. The van der Waals surface area contributed by atoms with Crippen LogP contribution >= 0.6 is 0 Å². The summed E-state index contributed by atoms with van der Waals surface area (Å²) in [6, 6.07) is 7.85. The van der Waals surface area contributed by atoms with Crippen LogP contribution in [0.4, 0.5) is 4.39 Å².